The van der Waals surface area contributed by atoms with Crippen LogP contribution in [0.3, 0.4) is 0 Å². The smallest absolute Gasteiger partial charge is 0.266 e. The Balaban J connectivity index is 1.83. The van der Waals surface area contributed by atoms with E-state index >= 15 is 0 Å². The van der Waals surface area contributed by atoms with E-state index < -0.39 is 0 Å². The zero-order chi connectivity index (χ0) is 15.8. The largest absolute Gasteiger partial charge is 0.389 e. The molecular formula is C17H22N4O. The van der Waals surface area contributed by atoms with Crippen molar-refractivity contribution in [3.63, 3.8) is 0 Å². The number of piperazine rings is 1. The number of amides is 1. The molecule has 116 valence electrons. The maximum Gasteiger partial charge on any atom is 0.266 e. The molecule has 1 aromatic rings. The lowest BCUT2D eigenvalue weighted by molar-refractivity contribution is -0.127. The number of aryl methyl sites for hydroxylation is 1. The Bertz CT molecular complexity index is 565. The van der Waals surface area contributed by atoms with Crippen LogP contribution in [0.4, 0.5) is 0 Å². The number of benzene rings is 1. The Labute approximate surface area is 131 Å². The SMILES string of the molecule is Cc1ccc(CCN/C=C(/C#N)C(=O)N2CCNCC2)cc1. The summed E-state index contributed by atoms with van der Waals surface area (Å²) in [7, 11) is 0. The predicted molar refractivity (Wildman–Crippen MR) is 86.0 cm³/mol. The normalized spacial score (nSPS) is 15.3. The third-order valence-electron chi connectivity index (χ3n) is 3.68. The number of carbonyl (C=O) groups excluding carboxylic acids is 1. The lowest BCUT2D eigenvalue weighted by atomic mass is 10.1. The van der Waals surface area contributed by atoms with E-state index in [4.69, 9.17) is 5.26 Å². The molecule has 2 rings (SSSR count). The van der Waals surface area contributed by atoms with Gasteiger partial charge in [0, 0.05) is 38.9 Å². The van der Waals surface area contributed by atoms with E-state index in [1.54, 1.807) is 11.1 Å². The number of nitriles is 1. The average Bonchev–Trinajstić information content (AvgIpc) is 2.57. The first-order valence-corrected chi connectivity index (χ1v) is 7.60. The Morgan fingerprint density at radius 3 is 2.68 bits per heavy atom. The molecule has 0 unspecified atom stereocenters. The van der Waals surface area contributed by atoms with Gasteiger partial charge in [-0.15, -0.1) is 0 Å². The standard InChI is InChI=1S/C17H22N4O/c1-14-2-4-15(5-3-14)6-7-20-13-16(12-18)17(22)21-10-8-19-9-11-21/h2-5,13,19-20H,6-11H2,1H3/b16-13-. The molecular weight excluding hydrogens is 276 g/mol. The summed E-state index contributed by atoms with van der Waals surface area (Å²) in [6, 6.07) is 10.3. The molecule has 1 aliphatic rings. The number of hydrogen-bond donors (Lipinski definition) is 2. The molecule has 1 aliphatic heterocycles. The quantitative estimate of drug-likeness (QED) is 0.483. The molecule has 0 spiro atoms. The molecule has 0 bridgehead atoms. The van der Waals surface area contributed by atoms with E-state index in [1.807, 2.05) is 6.07 Å². The van der Waals surface area contributed by atoms with Crippen LogP contribution in [-0.2, 0) is 11.2 Å². The fourth-order valence-electron chi connectivity index (χ4n) is 2.33. The van der Waals surface area contributed by atoms with Gasteiger partial charge in [-0.25, -0.2) is 0 Å². The molecule has 0 radical (unpaired) electrons. The molecule has 2 N–H and O–H groups in total. The van der Waals surface area contributed by atoms with Gasteiger partial charge in [-0.05, 0) is 18.9 Å². The van der Waals surface area contributed by atoms with Crippen LogP contribution in [0.5, 0.6) is 0 Å². The van der Waals surface area contributed by atoms with Crippen LogP contribution in [-0.4, -0.2) is 43.5 Å². The van der Waals surface area contributed by atoms with Crippen LogP contribution in [0.15, 0.2) is 36.0 Å². The second-order valence-electron chi connectivity index (χ2n) is 5.40. The summed E-state index contributed by atoms with van der Waals surface area (Å²) in [6.45, 7) is 5.63. The minimum absolute atomic E-state index is 0.172. The van der Waals surface area contributed by atoms with Gasteiger partial charge in [0.15, 0.2) is 0 Å². The number of rotatable bonds is 5. The highest BCUT2D eigenvalue weighted by molar-refractivity contribution is 5.97. The van der Waals surface area contributed by atoms with E-state index in [2.05, 4.69) is 41.8 Å². The molecule has 0 saturated carbocycles. The maximum absolute atomic E-state index is 12.2. The van der Waals surface area contributed by atoms with Gasteiger partial charge in [0.1, 0.15) is 11.6 Å². The van der Waals surface area contributed by atoms with Gasteiger partial charge in [0.05, 0.1) is 0 Å². The molecule has 1 amide bonds. The zero-order valence-electron chi connectivity index (χ0n) is 12.9. The Morgan fingerprint density at radius 2 is 2.05 bits per heavy atom. The van der Waals surface area contributed by atoms with Crippen molar-refractivity contribution in [2.24, 2.45) is 0 Å². The van der Waals surface area contributed by atoms with Crippen molar-refractivity contribution in [3.05, 3.63) is 47.2 Å². The minimum Gasteiger partial charge on any atom is -0.389 e. The third-order valence-corrected chi connectivity index (χ3v) is 3.68. The van der Waals surface area contributed by atoms with Gasteiger partial charge in [0.2, 0.25) is 0 Å². The molecule has 1 heterocycles. The van der Waals surface area contributed by atoms with Crippen molar-refractivity contribution in [1.82, 2.24) is 15.5 Å². The highest BCUT2D eigenvalue weighted by Crippen LogP contribution is 2.04. The second-order valence-corrected chi connectivity index (χ2v) is 5.40. The Kier molecular flexibility index (Phi) is 5.99. The van der Waals surface area contributed by atoms with Crippen molar-refractivity contribution in [2.75, 3.05) is 32.7 Å². The van der Waals surface area contributed by atoms with E-state index in [9.17, 15) is 4.79 Å². The van der Waals surface area contributed by atoms with Gasteiger partial charge in [-0.1, -0.05) is 29.8 Å². The van der Waals surface area contributed by atoms with E-state index in [0.29, 0.717) is 19.6 Å². The van der Waals surface area contributed by atoms with Gasteiger partial charge in [-0.2, -0.15) is 5.26 Å². The summed E-state index contributed by atoms with van der Waals surface area (Å²) in [5.74, 6) is -0.188. The summed E-state index contributed by atoms with van der Waals surface area (Å²) in [4.78, 5) is 13.9. The molecule has 0 aromatic heterocycles. The summed E-state index contributed by atoms with van der Waals surface area (Å²) >= 11 is 0. The average molecular weight is 298 g/mol. The van der Waals surface area contributed by atoms with Crippen LogP contribution in [0.1, 0.15) is 11.1 Å². The predicted octanol–water partition coefficient (Wildman–Crippen LogP) is 0.966. The fraction of sp³-hybridized carbons (Fsp3) is 0.412. The van der Waals surface area contributed by atoms with Gasteiger partial charge >= 0.3 is 0 Å². The van der Waals surface area contributed by atoms with Crippen molar-refractivity contribution < 1.29 is 4.79 Å². The monoisotopic (exact) mass is 298 g/mol. The highest BCUT2D eigenvalue weighted by Gasteiger charge is 2.19. The number of nitrogens with zero attached hydrogens (tertiary/aromatic N) is 2. The summed E-state index contributed by atoms with van der Waals surface area (Å²) in [5, 5.41) is 15.4. The van der Waals surface area contributed by atoms with Crippen molar-refractivity contribution >= 4 is 5.91 Å². The minimum atomic E-state index is -0.188. The first-order valence-electron chi connectivity index (χ1n) is 7.60. The first-order chi connectivity index (χ1) is 10.7. The van der Waals surface area contributed by atoms with E-state index in [-0.39, 0.29) is 11.5 Å². The molecule has 5 nitrogen and oxygen atoms in total. The second kappa shape index (κ2) is 8.20. The topological polar surface area (TPSA) is 68.2 Å². The number of nitrogens with one attached hydrogen (secondary N) is 2. The van der Waals surface area contributed by atoms with Crippen LogP contribution >= 0.6 is 0 Å². The Hall–Kier alpha value is -2.32. The van der Waals surface area contributed by atoms with Crippen molar-refractivity contribution in [3.8, 4) is 6.07 Å². The maximum atomic E-state index is 12.2. The van der Waals surface area contributed by atoms with Crippen LogP contribution in [0.25, 0.3) is 0 Å². The molecule has 22 heavy (non-hydrogen) atoms. The summed E-state index contributed by atoms with van der Waals surface area (Å²) in [5.41, 5.74) is 2.65. The lowest BCUT2D eigenvalue weighted by Gasteiger charge is -2.27. The molecule has 1 aromatic carbocycles. The van der Waals surface area contributed by atoms with Crippen LogP contribution in [0.2, 0.25) is 0 Å². The molecule has 0 atom stereocenters. The fourth-order valence-corrected chi connectivity index (χ4v) is 2.33. The third kappa shape index (κ3) is 4.61. The van der Waals surface area contributed by atoms with Gasteiger partial charge in [-0.3, -0.25) is 4.79 Å². The van der Waals surface area contributed by atoms with Crippen molar-refractivity contribution in [1.29, 1.82) is 5.26 Å². The van der Waals surface area contributed by atoms with Crippen LogP contribution in [0, 0.1) is 18.3 Å². The van der Waals surface area contributed by atoms with Gasteiger partial charge in [0.25, 0.3) is 5.91 Å². The van der Waals surface area contributed by atoms with Gasteiger partial charge < -0.3 is 15.5 Å². The van der Waals surface area contributed by atoms with Crippen molar-refractivity contribution in [2.45, 2.75) is 13.3 Å². The van der Waals surface area contributed by atoms with E-state index in [1.165, 1.54) is 11.1 Å². The zero-order valence-corrected chi connectivity index (χ0v) is 12.9. The lowest BCUT2D eigenvalue weighted by Crippen LogP contribution is -2.46. The highest BCUT2D eigenvalue weighted by atomic mass is 16.2. The van der Waals surface area contributed by atoms with Crippen LogP contribution < -0.4 is 10.6 Å². The molecule has 1 fully saturated rings. The first kappa shape index (κ1) is 16.1. The van der Waals surface area contributed by atoms with E-state index in [0.717, 1.165) is 19.5 Å². The summed E-state index contributed by atoms with van der Waals surface area (Å²) in [6.07, 6.45) is 2.40. The molecule has 5 heteroatoms. The molecule has 0 aliphatic carbocycles. The Morgan fingerprint density at radius 1 is 1.36 bits per heavy atom. The molecule has 1 saturated heterocycles. The number of carbonyl (C=O) groups is 1. The summed E-state index contributed by atoms with van der Waals surface area (Å²) < 4.78 is 0. The number of hydrogen-bond acceptors (Lipinski definition) is 4.